The largest absolute Gasteiger partial charge is 0.416 e. The van der Waals surface area contributed by atoms with Gasteiger partial charge in [0.25, 0.3) is 0 Å². The fourth-order valence-electron chi connectivity index (χ4n) is 1.14. The lowest BCUT2D eigenvalue weighted by Gasteiger charge is -2.11. The van der Waals surface area contributed by atoms with Gasteiger partial charge in [-0.15, -0.1) is 0 Å². The highest BCUT2D eigenvalue weighted by Crippen LogP contribution is 2.31. The quantitative estimate of drug-likeness (QED) is 0.753. The minimum Gasteiger partial charge on any atom is -0.316 e. The first-order chi connectivity index (χ1) is 6.05. The van der Waals surface area contributed by atoms with Crippen molar-refractivity contribution in [2.75, 3.05) is 7.05 Å². The van der Waals surface area contributed by atoms with Crippen molar-refractivity contribution < 1.29 is 13.2 Å². The third-order valence-electron chi connectivity index (χ3n) is 1.69. The fraction of sp³-hybridized carbons (Fsp3) is 0.333. The normalized spacial score (nSPS) is 11.7. The van der Waals surface area contributed by atoms with Crippen LogP contribution in [0.25, 0.3) is 0 Å². The van der Waals surface area contributed by atoms with Crippen molar-refractivity contribution >= 4 is 0 Å². The number of nitrogens with one attached hydrogen (secondary N) is 1. The lowest BCUT2D eigenvalue weighted by molar-refractivity contribution is -0.138. The van der Waals surface area contributed by atoms with Crippen LogP contribution in [-0.4, -0.2) is 7.05 Å². The molecule has 0 aliphatic carbocycles. The monoisotopic (exact) mass is 189 g/mol. The van der Waals surface area contributed by atoms with E-state index in [4.69, 9.17) is 0 Å². The fourth-order valence-corrected chi connectivity index (χ4v) is 1.14. The predicted molar refractivity (Wildman–Crippen MR) is 44.2 cm³/mol. The molecule has 0 amide bonds. The van der Waals surface area contributed by atoms with Gasteiger partial charge in [0.2, 0.25) is 0 Å². The lowest BCUT2D eigenvalue weighted by atomic mass is 10.1. The summed E-state index contributed by atoms with van der Waals surface area (Å²) in [5.74, 6) is 0. The molecule has 0 spiro atoms. The Hall–Kier alpha value is -1.03. The molecule has 1 aromatic rings. The maximum Gasteiger partial charge on any atom is 0.416 e. The van der Waals surface area contributed by atoms with Gasteiger partial charge in [-0.2, -0.15) is 13.2 Å². The number of halogens is 3. The first-order valence-corrected chi connectivity index (χ1v) is 3.85. The molecule has 13 heavy (non-hydrogen) atoms. The molecule has 0 atom stereocenters. The van der Waals surface area contributed by atoms with Crippen molar-refractivity contribution in [2.45, 2.75) is 12.7 Å². The molecule has 0 aliphatic rings. The standard InChI is InChI=1S/C9H10F3N/c1-13-6-7-4-2-3-5-8(7)9(10,11)12/h2-5,13H,6H2,1H3. The van der Waals surface area contributed by atoms with E-state index in [1.807, 2.05) is 0 Å². The van der Waals surface area contributed by atoms with Gasteiger partial charge in [0, 0.05) is 6.54 Å². The van der Waals surface area contributed by atoms with Gasteiger partial charge in [-0.3, -0.25) is 0 Å². The summed E-state index contributed by atoms with van der Waals surface area (Å²) in [5.41, 5.74) is -0.290. The second kappa shape index (κ2) is 3.79. The topological polar surface area (TPSA) is 12.0 Å². The van der Waals surface area contributed by atoms with Gasteiger partial charge in [0.15, 0.2) is 0 Å². The minimum atomic E-state index is -4.26. The van der Waals surface area contributed by atoms with Crippen LogP contribution < -0.4 is 5.32 Å². The number of hydrogen-bond acceptors (Lipinski definition) is 1. The van der Waals surface area contributed by atoms with Gasteiger partial charge < -0.3 is 5.32 Å². The van der Waals surface area contributed by atoms with Gasteiger partial charge in [0.1, 0.15) is 0 Å². The van der Waals surface area contributed by atoms with E-state index in [0.29, 0.717) is 0 Å². The zero-order chi connectivity index (χ0) is 9.90. The van der Waals surface area contributed by atoms with Gasteiger partial charge >= 0.3 is 6.18 Å². The molecule has 1 rings (SSSR count). The van der Waals surface area contributed by atoms with Gasteiger partial charge in [0.05, 0.1) is 5.56 Å². The van der Waals surface area contributed by atoms with Gasteiger partial charge in [-0.25, -0.2) is 0 Å². The Kier molecular flexibility index (Phi) is 2.93. The Morgan fingerprint density at radius 3 is 2.38 bits per heavy atom. The highest BCUT2D eigenvalue weighted by atomic mass is 19.4. The van der Waals surface area contributed by atoms with Crippen LogP contribution in [0.4, 0.5) is 13.2 Å². The summed E-state index contributed by atoms with van der Waals surface area (Å²) in [4.78, 5) is 0. The van der Waals surface area contributed by atoms with Crippen molar-refractivity contribution in [3.8, 4) is 0 Å². The number of rotatable bonds is 2. The van der Waals surface area contributed by atoms with Gasteiger partial charge in [-0.1, -0.05) is 18.2 Å². The molecule has 4 heteroatoms. The average Bonchev–Trinajstić information content (AvgIpc) is 2.04. The molecule has 1 N–H and O–H groups in total. The molecule has 1 aromatic carbocycles. The Morgan fingerprint density at radius 2 is 1.85 bits per heavy atom. The molecule has 0 unspecified atom stereocenters. The van der Waals surface area contributed by atoms with Crippen molar-refractivity contribution in [3.63, 3.8) is 0 Å². The average molecular weight is 189 g/mol. The third-order valence-corrected chi connectivity index (χ3v) is 1.69. The molecule has 0 fully saturated rings. The van der Waals surface area contributed by atoms with Gasteiger partial charge in [-0.05, 0) is 18.7 Å². The highest BCUT2D eigenvalue weighted by molar-refractivity contribution is 5.29. The maximum absolute atomic E-state index is 12.3. The zero-order valence-electron chi connectivity index (χ0n) is 7.15. The molecule has 0 radical (unpaired) electrons. The van der Waals surface area contributed by atoms with Crippen LogP contribution in [0.5, 0.6) is 0 Å². The van der Waals surface area contributed by atoms with Crippen LogP contribution in [0.15, 0.2) is 24.3 Å². The molecule has 0 saturated heterocycles. The smallest absolute Gasteiger partial charge is 0.316 e. The van der Waals surface area contributed by atoms with Crippen LogP contribution in [0, 0.1) is 0 Å². The first kappa shape index (κ1) is 10.1. The predicted octanol–water partition coefficient (Wildman–Crippen LogP) is 2.42. The Labute approximate surface area is 74.6 Å². The zero-order valence-corrected chi connectivity index (χ0v) is 7.15. The molecule has 0 aromatic heterocycles. The Morgan fingerprint density at radius 1 is 1.23 bits per heavy atom. The van der Waals surface area contributed by atoms with Crippen LogP contribution in [-0.2, 0) is 12.7 Å². The Balaban J connectivity index is 3.05. The van der Waals surface area contributed by atoms with Crippen molar-refractivity contribution in [1.29, 1.82) is 0 Å². The van der Waals surface area contributed by atoms with Crippen LogP contribution in [0.3, 0.4) is 0 Å². The van der Waals surface area contributed by atoms with Crippen LogP contribution in [0.1, 0.15) is 11.1 Å². The van der Waals surface area contributed by atoms with Crippen LogP contribution in [0.2, 0.25) is 0 Å². The van der Waals surface area contributed by atoms with Crippen molar-refractivity contribution in [2.24, 2.45) is 0 Å². The Bertz CT molecular complexity index is 280. The second-order valence-corrected chi connectivity index (χ2v) is 2.69. The summed E-state index contributed by atoms with van der Waals surface area (Å²) in [6.07, 6.45) is -4.26. The summed E-state index contributed by atoms with van der Waals surface area (Å²) in [7, 11) is 1.62. The van der Waals surface area contributed by atoms with Crippen LogP contribution >= 0.6 is 0 Å². The highest BCUT2D eigenvalue weighted by Gasteiger charge is 2.32. The van der Waals surface area contributed by atoms with E-state index in [1.165, 1.54) is 12.1 Å². The summed E-state index contributed by atoms with van der Waals surface area (Å²) in [5, 5.41) is 2.70. The molecule has 0 heterocycles. The maximum atomic E-state index is 12.3. The molecule has 0 saturated carbocycles. The molecular formula is C9H10F3N. The number of alkyl halides is 3. The lowest BCUT2D eigenvalue weighted by Crippen LogP contribution is -2.13. The van der Waals surface area contributed by atoms with E-state index >= 15 is 0 Å². The molecule has 1 nitrogen and oxygen atoms in total. The third kappa shape index (κ3) is 2.45. The molecule has 0 bridgehead atoms. The number of hydrogen-bond donors (Lipinski definition) is 1. The summed E-state index contributed by atoms with van der Waals surface area (Å²) in [6.45, 7) is 0.232. The molecule has 0 aliphatic heterocycles. The summed E-state index contributed by atoms with van der Waals surface area (Å²) >= 11 is 0. The van der Waals surface area contributed by atoms with Crippen molar-refractivity contribution in [1.82, 2.24) is 5.32 Å². The summed E-state index contributed by atoms with van der Waals surface area (Å²) in [6, 6.07) is 5.55. The molecular weight excluding hydrogens is 179 g/mol. The van der Waals surface area contributed by atoms with E-state index in [2.05, 4.69) is 5.32 Å². The van der Waals surface area contributed by atoms with E-state index in [9.17, 15) is 13.2 Å². The SMILES string of the molecule is CNCc1ccccc1C(F)(F)F. The van der Waals surface area contributed by atoms with E-state index in [0.717, 1.165) is 6.07 Å². The van der Waals surface area contributed by atoms with Crippen molar-refractivity contribution in [3.05, 3.63) is 35.4 Å². The van der Waals surface area contributed by atoms with E-state index < -0.39 is 11.7 Å². The second-order valence-electron chi connectivity index (χ2n) is 2.69. The first-order valence-electron chi connectivity index (χ1n) is 3.85. The molecule has 72 valence electrons. The van der Waals surface area contributed by atoms with E-state index in [-0.39, 0.29) is 12.1 Å². The minimum absolute atomic E-state index is 0.232. The summed E-state index contributed by atoms with van der Waals surface area (Å²) < 4.78 is 37.0. The number of benzene rings is 1. The van der Waals surface area contributed by atoms with E-state index in [1.54, 1.807) is 13.1 Å².